The Morgan fingerprint density at radius 2 is 1.57 bits per heavy atom. The van der Waals surface area contributed by atoms with Gasteiger partial charge in [-0.3, -0.25) is 9.59 Å². The third-order valence-corrected chi connectivity index (χ3v) is 3.76. The van der Waals surface area contributed by atoms with E-state index < -0.39 is 11.8 Å². The fourth-order valence-corrected chi connectivity index (χ4v) is 2.34. The quantitative estimate of drug-likeness (QED) is 0.793. The average Bonchev–Trinajstić information content (AvgIpc) is 2.46. The molecule has 0 spiro atoms. The number of nitrogens with one attached hydrogen (secondary N) is 2. The van der Waals surface area contributed by atoms with Gasteiger partial charge in [-0.25, -0.2) is 0 Å². The SMILES string of the molecule is Cc1ccc(C)c(NC(=O)CC(=O)Nc2cc(Cl)ccc2Cl)c1. The summed E-state index contributed by atoms with van der Waals surface area (Å²) in [6.07, 6.45) is -0.309. The van der Waals surface area contributed by atoms with Gasteiger partial charge in [0.15, 0.2) is 0 Å². The molecule has 0 atom stereocenters. The van der Waals surface area contributed by atoms with Crippen molar-refractivity contribution in [3.05, 3.63) is 57.6 Å². The number of hydrogen-bond acceptors (Lipinski definition) is 2. The highest BCUT2D eigenvalue weighted by Crippen LogP contribution is 2.25. The summed E-state index contributed by atoms with van der Waals surface area (Å²) in [4.78, 5) is 24.0. The topological polar surface area (TPSA) is 58.2 Å². The van der Waals surface area contributed by atoms with Crippen molar-refractivity contribution in [2.75, 3.05) is 10.6 Å². The maximum atomic E-state index is 12.0. The first-order chi connectivity index (χ1) is 10.8. The van der Waals surface area contributed by atoms with Crippen LogP contribution in [0.3, 0.4) is 0 Å². The molecule has 23 heavy (non-hydrogen) atoms. The predicted molar refractivity (Wildman–Crippen MR) is 94.3 cm³/mol. The molecule has 0 aliphatic heterocycles. The van der Waals surface area contributed by atoms with Crippen LogP contribution in [0.2, 0.25) is 10.0 Å². The van der Waals surface area contributed by atoms with Gasteiger partial charge in [-0.2, -0.15) is 0 Å². The van der Waals surface area contributed by atoms with Crippen LogP contribution in [0.25, 0.3) is 0 Å². The molecule has 6 heteroatoms. The van der Waals surface area contributed by atoms with E-state index in [4.69, 9.17) is 23.2 Å². The second-order valence-corrected chi connectivity index (χ2v) is 6.06. The summed E-state index contributed by atoms with van der Waals surface area (Å²) >= 11 is 11.8. The van der Waals surface area contributed by atoms with E-state index in [2.05, 4.69) is 10.6 Å². The van der Waals surface area contributed by atoms with Crippen molar-refractivity contribution < 1.29 is 9.59 Å². The first-order valence-corrected chi connectivity index (χ1v) is 7.73. The lowest BCUT2D eigenvalue weighted by molar-refractivity contribution is -0.123. The molecule has 0 fully saturated rings. The average molecular weight is 351 g/mol. The molecule has 0 heterocycles. The van der Waals surface area contributed by atoms with E-state index in [1.807, 2.05) is 32.0 Å². The summed E-state index contributed by atoms with van der Waals surface area (Å²) in [7, 11) is 0. The van der Waals surface area contributed by atoms with Gasteiger partial charge in [-0.05, 0) is 49.2 Å². The molecule has 0 unspecified atom stereocenters. The minimum absolute atomic E-state index is 0.309. The molecule has 0 radical (unpaired) electrons. The highest BCUT2D eigenvalue weighted by Gasteiger charge is 2.12. The van der Waals surface area contributed by atoms with Crippen LogP contribution in [-0.4, -0.2) is 11.8 Å². The number of anilines is 2. The fraction of sp³-hybridized carbons (Fsp3) is 0.176. The molecule has 2 aromatic rings. The second-order valence-electron chi connectivity index (χ2n) is 5.22. The van der Waals surface area contributed by atoms with Crippen molar-refractivity contribution in [1.29, 1.82) is 0 Å². The van der Waals surface area contributed by atoms with Gasteiger partial charge in [0.2, 0.25) is 11.8 Å². The molecule has 2 aromatic carbocycles. The summed E-state index contributed by atoms with van der Waals surface area (Å²) < 4.78 is 0. The van der Waals surface area contributed by atoms with Crippen molar-refractivity contribution >= 4 is 46.4 Å². The number of carbonyl (C=O) groups is 2. The Morgan fingerprint density at radius 1 is 0.913 bits per heavy atom. The lowest BCUT2D eigenvalue weighted by Gasteiger charge is -2.10. The summed E-state index contributed by atoms with van der Waals surface area (Å²) in [6.45, 7) is 3.82. The first kappa shape index (κ1) is 17.3. The number of benzene rings is 2. The van der Waals surface area contributed by atoms with Gasteiger partial charge >= 0.3 is 0 Å². The molecule has 0 aromatic heterocycles. The molecule has 2 rings (SSSR count). The van der Waals surface area contributed by atoms with E-state index in [9.17, 15) is 9.59 Å². The zero-order chi connectivity index (χ0) is 17.0. The monoisotopic (exact) mass is 350 g/mol. The van der Waals surface area contributed by atoms with E-state index in [1.54, 1.807) is 12.1 Å². The molecule has 120 valence electrons. The highest BCUT2D eigenvalue weighted by atomic mass is 35.5. The molecule has 4 nitrogen and oxygen atoms in total. The number of rotatable bonds is 4. The Hall–Kier alpha value is -2.04. The molecule has 2 N–H and O–H groups in total. The molecule has 0 bridgehead atoms. The van der Waals surface area contributed by atoms with Crippen LogP contribution in [0.4, 0.5) is 11.4 Å². The van der Waals surface area contributed by atoms with E-state index in [1.165, 1.54) is 6.07 Å². The van der Waals surface area contributed by atoms with Gasteiger partial charge in [-0.1, -0.05) is 35.3 Å². The maximum Gasteiger partial charge on any atom is 0.233 e. The number of amides is 2. The Balaban J connectivity index is 1.98. The van der Waals surface area contributed by atoms with Crippen LogP contribution in [-0.2, 0) is 9.59 Å². The zero-order valence-corrected chi connectivity index (χ0v) is 14.3. The largest absolute Gasteiger partial charge is 0.325 e. The van der Waals surface area contributed by atoms with Gasteiger partial charge < -0.3 is 10.6 Å². The fourth-order valence-electron chi connectivity index (χ4n) is 2.00. The van der Waals surface area contributed by atoms with Crippen LogP contribution in [0.15, 0.2) is 36.4 Å². The normalized spacial score (nSPS) is 10.3. The van der Waals surface area contributed by atoms with Gasteiger partial charge in [-0.15, -0.1) is 0 Å². The summed E-state index contributed by atoms with van der Waals surface area (Å²) in [5.74, 6) is -0.855. The lowest BCUT2D eigenvalue weighted by Crippen LogP contribution is -2.22. The Morgan fingerprint density at radius 3 is 2.26 bits per heavy atom. The van der Waals surface area contributed by atoms with Crippen LogP contribution in [0, 0.1) is 13.8 Å². The number of hydrogen-bond donors (Lipinski definition) is 2. The first-order valence-electron chi connectivity index (χ1n) is 6.97. The number of aryl methyl sites for hydroxylation is 2. The molecular weight excluding hydrogens is 335 g/mol. The van der Waals surface area contributed by atoms with Gasteiger partial charge in [0.25, 0.3) is 0 Å². The Kier molecular flexibility index (Phi) is 5.64. The molecule has 0 saturated heterocycles. The van der Waals surface area contributed by atoms with E-state index in [-0.39, 0.29) is 6.42 Å². The highest BCUT2D eigenvalue weighted by molar-refractivity contribution is 6.35. The van der Waals surface area contributed by atoms with Crippen LogP contribution >= 0.6 is 23.2 Å². The van der Waals surface area contributed by atoms with Crippen molar-refractivity contribution in [3.8, 4) is 0 Å². The minimum atomic E-state index is -0.461. The molecule has 2 amide bonds. The maximum absolute atomic E-state index is 12.0. The molecule has 0 aliphatic rings. The van der Waals surface area contributed by atoms with Crippen LogP contribution in [0.5, 0.6) is 0 Å². The minimum Gasteiger partial charge on any atom is -0.325 e. The number of carbonyl (C=O) groups excluding carboxylic acids is 2. The van der Waals surface area contributed by atoms with E-state index in [0.29, 0.717) is 21.4 Å². The van der Waals surface area contributed by atoms with E-state index in [0.717, 1.165) is 11.1 Å². The molecular formula is C17H16Cl2N2O2. The van der Waals surface area contributed by atoms with Crippen LogP contribution in [0.1, 0.15) is 17.5 Å². The van der Waals surface area contributed by atoms with Crippen molar-refractivity contribution in [3.63, 3.8) is 0 Å². The standard InChI is InChI=1S/C17H16Cl2N2O2/c1-10-3-4-11(2)14(7-10)20-16(22)9-17(23)21-15-8-12(18)5-6-13(15)19/h3-8H,9H2,1-2H3,(H,20,22)(H,21,23). The Bertz CT molecular complexity index is 697. The summed E-state index contributed by atoms with van der Waals surface area (Å²) in [5, 5.41) is 6.12. The Labute approximate surface area is 144 Å². The van der Waals surface area contributed by atoms with Crippen molar-refractivity contribution in [2.45, 2.75) is 20.3 Å². The molecule has 0 saturated carbocycles. The smallest absolute Gasteiger partial charge is 0.233 e. The van der Waals surface area contributed by atoms with Crippen molar-refractivity contribution in [2.24, 2.45) is 0 Å². The predicted octanol–water partition coefficient (Wildman–Crippen LogP) is 4.58. The lowest BCUT2D eigenvalue weighted by atomic mass is 10.1. The zero-order valence-electron chi connectivity index (χ0n) is 12.7. The summed E-state index contributed by atoms with van der Waals surface area (Å²) in [6, 6.07) is 10.5. The third-order valence-electron chi connectivity index (χ3n) is 3.19. The van der Waals surface area contributed by atoms with E-state index >= 15 is 0 Å². The van der Waals surface area contributed by atoms with Gasteiger partial charge in [0, 0.05) is 10.7 Å². The van der Waals surface area contributed by atoms with Crippen LogP contribution < -0.4 is 10.6 Å². The number of halogens is 2. The molecule has 0 aliphatic carbocycles. The van der Waals surface area contributed by atoms with Gasteiger partial charge in [0.1, 0.15) is 6.42 Å². The second kappa shape index (κ2) is 7.49. The summed E-state index contributed by atoms with van der Waals surface area (Å²) in [5.41, 5.74) is 3.04. The van der Waals surface area contributed by atoms with Crippen molar-refractivity contribution in [1.82, 2.24) is 0 Å². The third kappa shape index (κ3) is 4.98. The van der Waals surface area contributed by atoms with Gasteiger partial charge in [0.05, 0.1) is 10.7 Å².